The van der Waals surface area contributed by atoms with E-state index in [1.54, 1.807) is 0 Å². The third-order valence-corrected chi connectivity index (χ3v) is 16.9. The summed E-state index contributed by atoms with van der Waals surface area (Å²) in [5.41, 5.74) is 13.9. The molecule has 16 aromatic rings. The maximum absolute atomic E-state index is 7.53. The van der Waals surface area contributed by atoms with E-state index in [0.717, 1.165) is 117 Å². The Hall–Kier alpha value is -10.0. The number of aromatic nitrogens is 2. The first-order valence-corrected chi connectivity index (χ1v) is 27.0. The lowest BCUT2D eigenvalue weighted by atomic mass is 9.81. The first kappa shape index (κ1) is 43.2. The second-order valence-corrected chi connectivity index (χ2v) is 21.0. The summed E-state index contributed by atoms with van der Waals surface area (Å²) in [7, 11) is 0. The molecule has 17 rings (SSSR count). The van der Waals surface area contributed by atoms with E-state index in [0.29, 0.717) is 5.84 Å². The summed E-state index contributed by atoms with van der Waals surface area (Å²) in [5, 5.41) is 16.1. The maximum Gasteiger partial charge on any atom is 0.155 e. The first-order valence-electron chi connectivity index (χ1n) is 27.0. The van der Waals surface area contributed by atoms with Crippen LogP contribution in [0.4, 0.5) is 0 Å². The number of aliphatic imine (C=N–C) groups is 2. The number of hydrogen-bond donors (Lipinski definition) is 0. The topological polar surface area (TPSA) is 60.9 Å². The highest BCUT2D eigenvalue weighted by Crippen LogP contribution is 2.47. The van der Waals surface area contributed by atoms with Crippen molar-refractivity contribution in [3.05, 3.63) is 253 Å². The van der Waals surface area contributed by atoms with Crippen molar-refractivity contribution in [2.45, 2.75) is 19.4 Å². The van der Waals surface area contributed by atoms with E-state index in [-0.39, 0.29) is 12.0 Å². The molecule has 12 aromatic carbocycles. The molecule has 0 bridgehead atoms. The highest BCUT2D eigenvalue weighted by atomic mass is 16.3. The third kappa shape index (κ3) is 6.20. The van der Waals surface area contributed by atoms with Gasteiger partial charge in [0.25, 0.3) is 0 Å². The van der Waals surface area contributed by atoms with E-state index in [1.165, 1.54) is 43.1 Å². The van der Waals surface area contributed by atoms with Crippen LogP contribution in [-0.4, -0.2) is 20.7 Å². The van der Waals surface area contributed by atoms with Gasteiger partial charge >= 0.3 is 0 Å². The molecule has 0 spiro atoms. The van der Waals surface area contributed by atoms with Gasteiger partial charge in [-0.25, -0.2) is 4.99 Å². The van der Waals surface area contributed by atoms with Crippen LogP contribution in [-0.2, 0) is 0 Å². The number of furan rings is 2. The highest BCUT2D eigenvalue weighted by Gasteiger charge is 2.36. The molecule has 1 aliphatic heterocycles. The molecule has 0 amide bonds. The van der Waals surface area contributed by atoms with Crippen LogP contribution >= 0.6 is 0 Å². The van der Waals surface area contributed by atoms with Crippen molar-refractivity contribution in [2.75, 3.05) is 0 Å². The van der Waals surface area contributed by atoms with Gasteiger partial charge in [0.15, 0.2) is 5.84 Å². The van der Waals surface area contributed by atoms with Crippen LogP contribution < -0.4 is 0 Å². The Morgan fingerprint density at radius 1 is 0.410 bits per heavy atom. The van der Waals surface area contributed by atoms with Crippen molar-refractivity contribution in [1.29, 1.82) is 0 Å². The minimum atomic E-state index is -0.328. The van der Waals surface area contributed by atoms with Crippen molar-refractivity contribution < 1.29 is 8.83 Å². The van der Waals surface area contributed by atoms with Gasteiger partial charge in [-0.05, 0) is 118 Å². The van der Waals surface area contributed by atoms with Crippen LogP contribution in [0.3, 0.4) is 0 Å². The molecule has 0 N–H and O–H groups in total. The van der Waals surface area contributed by atoms with Crippen LogP contribution in [0.25, 0.3) is 131 Å². The van der Waals surface area contributed by atoms with Crippen molar-refractivity contribution in [3.8, 4) is 11.4 Å². The van der Waals surface area contributed by atoms with Crippen molar-refractivity contribution in [2.24, 2.45) is 15.9 Å². The molecule has 6 heteroatoms. The zero-order valence-corrected chi connectivity index (χ0v) is 42.5. The monoisotopic (exact) mass is 998 g/mol. The van der Waals surface area contributed by atoms with Gasteiger partial charge in [-0.3, -0.25) is 4.99 Å². The Kier molecular flexibility index (Phi) is 9.13. The Morgan fingerprint density at radius 3 is 1.90 bits per heavy atom. The number of amidine groups is 1. The number of benzene rings is 12. The number of para-hydroxylation sites is 3. The zero-order chi connectivity index (χ0) is 51.2. The third-order valence-electron chi connectivity index (χ3n) is 16.9. The Balaban J connectivity index is 1.00. The van der Waals surface area contributed by atoms with Gasteiger partial charge in [-0.2, -0.15) is 0 Å². The van der Waals surface area contributed by atoms with E-state index in [1.807, 2.05) is 6.07 Å². The van der Waals surface area contributed by atoms with Crippen LogP contribution in [0.15, 0.2) is 255 Å². The summed E-state index contributed by atoms with van der Waals surface area (Å²) >= 11 is 0. The van der Waals surface area contributed by atoms with E-state index in [9.17, 15) is 0 Å². The molecule has 0 saturated heterocycles. The van der Waals surface area contributed by atoms with Gasteiger partial charge in [-0.15, -0.1) is 0 Å². The van der Waals surface area contributed by atoms with Gasteiger partial charge in [0.2, 0.25) is 0 Å². The predicted octanol–water partition coefficient (Wildman–Crippen LogP) is 19.2. The fourth-order valence-corrected chi connectivity index (χ4v) is 13.3. The summed E-state index contributed by atoms with van der Waals surface area (Å²) in [6.45, 7) is 2.29. The quantitative estimate of drug-likeness (QED) is 0.167. The molecule has 366 valence electrons. The van der Waals surface area contributed by atoms with E-state index >= 15 is 0 Å². The average molecular weight is 999 g/mol. The summed E-state index contributed by atoms with van der Waals surface area (Å²) in [4.78, 5) is 11.9. The first-order chi connectivity index (χ1) is 38.6. The molecule has 0 aliphatic carbocycles. The molecule has 0 fully saturated rings. The lowest BCUT2D eigenvalue weighted by Crippen LogP contribution is -2.29. The average Bonchev–Trinajstić information content (AvgIpc) is 4.44. The standard InChI is InChI=1S/C72H46N4O2/c1-2-49-68(46-31-37-65-57(39-46)54-25-13-15-27-64(54)77-65)73-72(47-29-32-53-52-24-12-14-26-59(52)75(62(53)41-47)48-20-4-3-5-21-48)74-69(49)67-61(36-34-56-55-33-28-43-17-9-11-23-51(43)70(55)78-71(56)67)76-60-35-30-42-16-8-10-22-50(42)66(60)58-38-44-18-6-7-19-45(44)40-63(58)76/h3-41,49,68H,2H2,1H3. The Morgan fingerprint density at radius 2 is 1.05 bits per heavy atom. The summed E-state index contributed by atoms with van der Waals surface area (Å²) in [5.74, 6) is 0.500. The second kappa shape index (κ2) is 16.5. The molecular formula is C72H46N4O2. The van der Waals surface area contributed by atoms with Gasteiger partial charge in [-0.1, -0.05) is 165 Å². The Labute approximate surface area is 447 Å². The van der Waals surface area contributed by atoms with Gasteiger partial charge in [0.1, 0.15) is 22.3 Å². The van der Waals surface area contributed by atoms with Gasteiger partial charge < -0.3 is 18.0 Å². The number of nitrogens with zero attached hydrogens (tertiary/aromatic N) is 4. The molecular weight excluding hydrogens is 953 g/mol. The summed E-state index contributed by atoms with van der Waals surface area (Å²) < 4.78 is 18.9. The Bertz CT molecular complexity index is 5280. The van der Waals surface area contributed by atoms with Crippen molar-refractivity contribution in [3.63, 3.8) is 0 Å². The molecule has 78 heavy (non-hydrogen) atoms. The number of fused-ring (bicyclic) bond motifs is 17. The van der Waals surface area contributed by atoms with Crippen LogP contribution in [0.5, 0.6) is 0 Å². The van der Waals surface area contributed by atoms with E-state index in [4.69, 9.17) is 18.8 Å². The zero-order valence-electron chi connectivity index (χ0n) is 42.5. The molecule has 2 unspecified atom stereocenters. The maximum atomic E-state index is 7.53. The fourth-order valence-electron chi connectivity index (χ4n) is 13.3. The lowest BCUT2D eigenvalue weighted by molar-refractivity contribution is 0.532. The van der Waals surface area contributed by atoms with Crippen molar-refractivity contribution >= 4 is 131 Å². The number of hydrogen-bond acceptors (Lipinski definition) is 4. The molecule has 6 nitrogen and oxygen atoms in total. The SMILES string of the molecule is CCC1C(c2c(-n3c4cc5ccccc5cc4c4c5ccccc5ccc43)ccc3c2oc2c4ccccc4ccc32)=NC(c2ccc3c4ccccc4n(-c4ccccc4)c3c2)=NC1c1ccc2oc3ccccc3c2c1. The molecule has 4 aromatic heterocycles. The number of rotatable bonds is 6. The fraction of sp³-hybridized carbons (Fsp3) is 0.0556. The summed E-state index contributed by atoms with van der Waals surface area (Å²) in [6, 6.07) is 85.2. The largest absolute Gasteiger partial charge is 0.456 e. The smallest absolute Gasteiger partial charge is 0.155 e. The lowest BCUT2D eigenvalue weighted by Gasteiger charge is -2.31. The molecule has 0 radical (unpaired) electrons. The normalized spacial score (nSPS) is 15.2. The van der Waals surface area contributed by atoms with Gasteiger partial charge in [0.05, 0.1) is 45.1 Å². The van der Waals surface area contributed by atoms with Crippen molar-refractivity contribution in [1.82, 2.24) is 9.13 Å². The second-order valence-electron chi connectivity index (χ2n) is 21.0. The van der Waals surface area contributed by atoms with E-state index in [2.05, 4.69) is 247 Å². The molecule has 0 saturated carbocycles. The molecule has 5 heterocycles. The van der Waals surface area contributed by atoms with E-state index < -0.39 is 0 Å². The molecule has 2 atom stereocenters. The van der Waals surface area contributed by atoms with Crippen LogP contribution in [0.2, 0.25) is 0 Å². The van der Waals surface area contributed by atoms with Crippen LogP contribution in [0, 0.1) is 5.92 Å². The molecule has 1 aliphatic rings. The summed E-state index contributed by atoms with van der Waals surface area (Å²) in [6.07, 6.45) is 0.757. The minimum Gasteiger partial charge on any atom is -0.456 e. The van der Waals surface area contributed by atoms with Crippen LogP contribution in [0.1, 0.15) is 36.1 Å². The predicted molar refractivity (Wildman–Crippen MR) is 325 cm³/mol. The van der Waals surface area contributed by atoms with Gasteiger partial charge in [0, 0.05) is 65.6 Å². The minimum absolute atomic E-state index is 0.173. The highest BCUT2D eigenvalue weighted by molar-refractivity contribution is 6.28.